The van der Waals surface area contributed by atoms with E-state index >= 15 is 0 Å². The van der Waals surface area contributed by atoms with Crippen molar-refractivity contribution in [2.75, 3.05) is 7.11 Å². The Kier molecular flexibility index (Phi) is 5.40. The summed E-state index contributed by atoms with van der Waals surface area (Å²) >= 11 is 0. The van der Waals surface area contributed by atoms with Crippen LogP contribution in [0.4, 0.5) is 0 Å². The number of fused-ring (bicyclic) bond motifs is 1. The molecule has 0 aliphatic heterocycles. The van der Waals surface area contributed by atoms with Gasteiger partial charge in [-0.15, -0.1) is 19.0 Å². The predicted octanol–water partition coefficient (Wildman–Crippen LogP) is 4.24. The Morgan fingerprint density at radius 3 is 2.42 bits per heavy atom. The Morgan fingerprint density at radius 1 is 1.21 bits per heavy atom. The van der Waals surface area contributed by atoms with Gasteiger partial charge in [0, 0.05) is 11.4 Å². The molecule has 0 saturated heterocycles. The van der Waals surface area contributed by atoms with Gasteiger partial charge in [0.2, 0.25) is 0 Å². The van der Waals surface area contributed by atoms with Crippen molar-refractivity contribution in [1.29, 1.82) is 0 Å². The molecular formula is C16H20ClNO. The maximum atomic E-state index is 6.25. The summed E-state index contributed by atoms with van der Waals surface area (Å²) in [5.41, 5.74) is 8.50. The highest BCUT2D eigenvalue weighted by Crippen LogP contribution is 2.32. The monoisotopic (exact) mass is 277 g/mol. The minimum atomic E-state index is -0.0155. The highest BCUT2D eigenvalue weighted by molar-refractivity contribution is 5.91. The topological polar surface area (TPSA) is 35.2 Å². The van der Waals surface area contributed by atoms with Gasteiger partial charge in [0.25, 0.3) is 0 Å². The van der Waals surface area contributed by atoms with Gasteiger partial charge in [-0.3, -0.25) is 0 Å². The molecule has 1 atom stereocenters. The molecule has 0 bridgehead atoms. The average Bonchev–Trinajstić information content (AvgIpc) is 2.36. The Bertz CT molecular complexity index is 580. The molecule has 102 valence electrons. The van der Waals surface area contributed by atoms with E-state index in [-0.39, 0.29) is 18.4 Å². The summed E-state index contributed by atoms with van der Waals surface area (Å²) < 4.78 is 5.38. The van der Waals surface area contributed by atoms with E-state index in [1.165, 1.54) is 0 Å². The van der Waals surface area contributed by atoms with Crippen molar-refractivity contribution in [3.05, 3.63) is 54.1 Å². The van der Waals surface area contributed by atoms with Crippen molar-refractivity contribution in [1.82, 2.24) is 0 Å². The molecule has 0 aromatic heterocycles. The Hall–Kier alpha value is -1.51. The first kappa shape index (κ1) is 15.5. The molecule has 2 aromatic carbocycles. The molecule has 0 fully saturated rings. The highest BCUT2D eigenvalue weighted by Gasteiger charge is 2.12. The average molecular weight is 278 g/mol. The van der Waals surface area contributed by atoms with Gasteiger partial charge in [-0.25, -0.2) is 0 Å². The first-order chi connectivity index (χ1) is 8.63. The van der Waals surface area contributed by atoms with Crippen LogP contribution in [0.1, 0.15) is 24.9 Å². The van der Waals surface area contributed by atoms with Gasteiger partial charge in [-0.1, -0.05) is 35.9 Å². The van der Waals surface area contributed by atoms with Crippen LogP contribution in [0.2, 0.25) is 0 Å². The van der Waals surface area contributed by atoms with E-state index in [4.69, 9.17) is 10.5 Å². The zero-order valence-corrected chi connectivity index (χ0v) is 12.2. The van der Waals surface area contributed by atoms with Crippen LogP contribution < -0.4 is 10.5 Å². The lowest BCUT2D eigenvalue weighted by Crippen LogP contribution is -2.11. The minimum Gasteiger partial charge on any atom is -0.496 e. The van der Waals surface area contributed by atoms with Gasteiger partial charge in [0.1, 0.15) is 5.75 Å². The van der Waals surface area contributed by atoms with E-state index in [1.807, 2.05) is 25.1 Å². The van der Waals surface area contributed by atoms with Crippen molar-refractivity contribution in [3.63, 3.8) is 0 Å². The SMILES string of the molecule is C=C(C)C[C@H](N)c1ccc(OC)c2ccccc12.Cl. The van der Waals surface area contributed by atoms with Gasteiger partial charge in [-0.2, -0.15) is 0 Å². The lowest BCUT2D eigenvalue weighted by molar-refractivity contribution is 0.419. The third kappa shape index (κ3) is 3.28. The van der Waals surface area contributed by atoms with Gasteiger partial charge in [0.05, 0.1) is 7.11 Å². The zero-order chi connectivity index (χ0) is 13.1. The molecule has 0 spiro atoms. The van der Waals surface area contributed by atoms with Crippen molar-refractivity contribution in [2.24, 2.45) is 5.73 Å². The van der Waals surface area contributed by atoms with E-state index in [1.54, 1.807) is 7.11 Å². The number of rotatable bonds is 4. The molecule has 0 aliphatic carbocycles. The fraction of sp³-hybridized carbons (Fsp3) is 0.250. The number of methoxy groups -OCH3 is 1. The summed E-state index contributed by atoms with van der Waals surface area (Å²) in [4.78, 5) is 0. The Labute approximate surface area is 120 Å². The molecule has 0 unspecified atom stereocenters. The van der Waals surface area contributed by atoms with Crippen molar-refractivity contribution in [3.8, 4) is 5.75 Å². The second kappa shape index (κ2) is 6.60. The lowest BCUT2D eigenvalue weighted by atomic mass is 9.95. The predicted molar refractivity (Wildman–Crippen MR) is 84.1 cm³/mol. The van der Waals surface area contributed by atoms with Crippen LogP contribution in [0.3, 0.4) is 0 Å². The van der Waals surface area contributed by atoms with E-state index < -0.39 is 0 Å². The molecule has 0 saturated carbocycles. The van der Waals surface area contributed by atoms with Gasteiger partial charge in [-0.05, 0) is 30.4 Å². The number of nitrogens with two attached hydrogens (primary N) is 1. The van der Waals surface area contributed by atoms with Gasteiger partial charge in [0.15, 0.2) is 0 Å². The summed E-state index contributed by atoms with van der Waals surface area (Å²) in [6.07, 6.45) is 0.802. The van der Waals surface area contributed by atoms with Crippen LogP contribution in [0, 0.1) is 0 Å². The summed E-state index contributed by atoms with van der Waals surface area (Å²) in [7, 11) is 1.69. The summed E-state index contributed by atoms with van der Waals surface area (Å²) in [5.74, 6) is 0.886. The van der Waals surface area contributed by atoms with Crippen molar-refractivity contribution in [2.45, 2.75) is 19.4 Å². The molecule has 0 amide bonds. The number of hydrogen-bond donors (Lipinski definition) is 1. The summed E-state index contributed by atoms with van der Waals surface area (Å²) in [6, 6.07) is 12.2. The van der Waals surface area contributed by atoms with Crippen LogP contribution in [0.15, 0.2) is 48.6 Å². The first-order valence-electron chi connectivity index (χ1n) is 6.09. The van der Waals surface area contributed by atoms with E-state index in [0.717, 1.165) is 34.1 Å². The molecule has 0 heterocycles. The molecule has 2 N–H and O–H groups in total. The molecule has 2 rings (SSSR count). The van der Waals surface area contributed by atoms with Crippen LogP contribution >= 0.6 is 12.4 Å². The highest BCUT2D eigenvalue weighted by atomic mass is 35.5. The van der Waals surface area contributed by atoms with E-state index in [9.17, 15) is 0 Å². The molecular weight excluding hydrogens is 258 g/mol. The third-order valence-electron chi connectivity index (χ3n) is 3.11. The number of benzene rings is 2. The number of halogens is 1. The van der Waals surface area contributed by atoms with Gasteiger partial charge < -0.3 is 10.5 Å². The first-order valence-corrected chi connectivity index (χ1v) is 6.09. The molecule has 2 nitrogen and oxygen atoms in total. The lowest BCUT2D eigenvalue weighted by Gasteiger charge is -2.16. The maximum absolute atomic E-state index is 6.25. The molecule has 0 aliphatic rings. The fourth-order valence-electron chi connectivity index (χ4n) is 2.28. The molecule has 2 aromatic rings. The molecule has 0 radical (unpaired) electrons. The third-order valence-corrected chi connectivity index (χ3v) is 3.11. The van der Waals surface area contributed by atoms with Crippen LogP contribution in [0.5, 0.6) is 5.75 Å². The van der Waals surface area contributed by atoms with Crippen LogP contribution in [0.25, 0.3) is 10.8 Å². The number of ether oxygens (including phenoxy) is 1. The molecule has 19 heavy (non-hydrogen) atoms. The minimum absolute atomic E-state index is 0. The standard InChI is InChI=1S/C16H19NO.ClH/c1-11(2)10-15(17)13-8-9-16(18-3)14-7-5-4-6-12(13)14;/h4-9,15H,1,10,17H2,2-3H3;1H/t15-;/m0./s1. The van der Waals surface area contributed by atoms with E-state index in [0.29, 0.717) is 0 Å². The summed E-state index contributed by atoms with van der Waals surface area (Å²) in [5, 5.41) is 2.26. The second-order valence-electron chi connectivity index (χ2n) is 4.67. The van der Waals surface area contributed by atoms with Crippen LogP contribution in [-0.4, -0.2) is 7.11 Å². The quantitative estimate of drug-likeness (QED) is 0.849. The maximum Gasteiger partial charge on any atom is 0.126 e. The van der Waals surface area contributed by atoms with Crippen LogP contribution in [-0.2, 0) is 0 Å². The smallest absolute Gasteiger partial charge is 0.126 e. The van der Waals surface area contributed by atoms with Crippen molar-refractivity contribution < 1.29 is 4.74 Å². The second-order valence-corrected chi connectivity index (χ2v) is 4.67. The zero-order valence-electron chi connectivity index (χ0n) is 11.3. The summed E-state index contributed by atoms with van der Waals surface area (Å²) in [6.45, 7) is 5.94. The fourth-order valence-corrected chi connectivity index (χ4v) is 2.28. The van der Waals surface area contributed by atoms with Crippen molar-refractivity contribution >= 4 is 23.2 Å². The Balaban J connectivity index is 0.00000180. The normalized spacial score (nSPS) is 11.7. The number of hydrogen-bond acceptors (Lipinski definition) is 2. The Morgan fingerprint density at radius 2 is 1.84 bits per heavy atom. The van der Waals surface area contributed by atoms with E-state index in [2.05, 4.69) is 24.8 Å². The molecule has 3 heteroatoms. The van der Waals surface area contributed by atoms with Gasteiger partial charge >= 0.3 is 0 Å². The largest absolute Gasteiger partial charge is 0.496 e.